The van der Waals surface area contributed by atoms with Gasteiger partial charge >= 0.3 is 0 Å². The van der Waals surface area contributed by atoms with Gasteiger partial charge in [-0.3, -0.25) is 4.57 Å². The molecule has 1 aliphatic rings. The van der Waals surface area contributed by atoms with Crippen molar-refractivity contribution >= 4 is 71.8 Å². The molecule has 0 aliphatic carbocycles. The molecule has 0 N–H and O–H groups in total. The first-order valence-corrected chi connectivity index (χ1v) is 17.8. The molecule has 3 aromatic heterocycles. The van der Waals surface area contributed by atoms with Crippen molar-refractivity contribution in [3.05, 3.63) is 115 Å². The van der Waals surface area contributed by atoms with E-state index in [4.69, 9.17) is 9.97 Å². The fourth-order valence-corrected chi connectivity index (χ4v) is 11.2. The lowest BCUT2D eigenvalue weighted by molar-refractivity contribution is 1.06. The average Bonchev–Trinajstić information content (AvgIpc) is 3.62. The van der Waals surface area contributed by atoms with Gasteiger partial charge in [0.15, 0.2) is 5.82 Å². The standard InChI is InChI=1S/C36H25N3SSi/c1-41(2)32-19-11-8-16-25(32)33-34(41)36(38-35(37-33)22-12-4-3-5-13-22)39-28-17-9-6-14-23(28)26-20-27-24-15-7-10-18-30(24)40-31(27)21-29(26)39/h3-21H,1-2H3. The summed E-state index contributed by atoms with van der Waals surface area (Å²) in [4.78, 5) is 10.7. The Morgan fingerprint density at radius 2 is 1.34 bits per heavy atom. The number of para-hydroxylation sites is 1. The fourth-order valence-electron chi connectivity index (χ4n) is 6.88. The molecule has 41 heavy (non-hydrogen) atoms. The molecule has 0 atom stereocenters. The van der Waals surface area contributed by atoms with Gasteiger partial charge in [0.1, 0.15) is 13.9 Å². The molecule has 0 radical (unpaired) electrons. The first-order chi connectivity index (χ1) is 20.1. The van der Waals surface area contributed by atoms with Gasteiger partial charge in [-0.2, -0.15) is 0 Å². The van der Waals surface area contributed by atoms with Crippen LogP contribution in [-0.2, 0) is 0 Å². The Balaban J connectivity index is 1.46. The molecule has 0 fully saturated rings. The van der Waals surface area contributed by atoms with Crippen LogP contribution in [0.15, 0.2) is 115 Å². The van der Waals surface area contributed by atoms with Crippen LogP contribution in [0.4, 0.5) is 0 Å². The van der Waals surface area contributed by atoms with Crippen molar-refractivity contribution in [2.75, 3.05) is 0 Å². The topological polar surface area (TPSA) is 30.7 Å². The second-order valence-electron chi connectivity index (χ2n) is 11.4. The normalized spacial score (nSPS) is 13.8. The molecule has 1 aliphatic heterocycles. The minimum atomic E-state index is -2.10. The van der Waals surface area contributed by atoms with E-state index in [0.717, 1.165) is 22.9 Å². The van der Waals surface area contributed by atoms with Gasteiger partial charge in [0.25, 0.3) is 0 Å². The number of nitrogens with zero attached hydrogens (tertiary/aromatic N) is 3. The third kappa shape index (κ3) is 3.13. The minimum Gasteiger partial charge on any atom is -0.294 e. The highest BCUT2D eigenvalue weighted by Gasteiger charge is 2.42. The largest absolute Gasteiger partial charge is 0.294 e. The summed E-state index contributed by atoms with van der Waals surface area (Å²) < 4.78 is 5.06. The first kappa shape index (κ1) is 23.2. The predicted molar refractivity (Wildman–Crippen MR) is 177 cm³/mol. The van der Waals surface area contributed by atoms with Gasteiger partial charge in [-0.15, -0.1) is 11.3 Å². The second kappa shape index (κ2) is 8.23. The Morgan fingerprint density at radius 3 is 2.22 bits per heavy atom. The molecule has 0 spiro atoms. The lowest BCUT2D eigenvalue weighted by Gasteiger charge is -2.22. The van der Waals surface area contributed by atoms with Crippen LogP contribution in [0.25, 0.3) is 70.4 Å². The molecule has 5 heteroatoms. The zero-order chi connectivity index (χ0) is 27.3. The van der Waals surface area contributed by atoms with Crippen LogP contribution in [0.1, 0.15) is 0 Å². The number of benzene rings is 5. The Bertz CT molecular complexity index is 2350. The van der Waals surface area contributed by atoms with Crippen LogP contribution in [0.3, 0.4) is 0 Å². The molecule has 0 saturated carbocycles. The van der Waals surface area contributed by atoms with E-state index in [9.17, 15) is 0 Å². The predicted octanol–water partition coefficient (Wildman–Crippen LogP) is 8.41. The Kier molecular flexibility index (Phi) is 4.65. The van der Waals surface area contributed by atoms with Crippen molar-refractivity contribution in [3.63, 3.8) is 0 Å². The van der Waals surface area contributed by atoms with E-state index in [1.807, 2.05) is 17.4 Å². The summed E-state index contributed by atoms with van der Waals surface area (Å²) in [7, 11) is -2.10. The Labute approximate surface area is 242 Å². The maximum atomic E-state index is 5.45. The number of thiophene rings is 1. The molecule has 194 valence electrons. The maximum Gasteiger partial charge on any atom is 0.162 e. The lowest BCUT2D eigenvalue weighted by Crippen LogP contribution is -2.51. The van der Waals surface area contributed by atoms with Gasteiger partial charge < -0.3 is 0 Å². The van der Waals surface area contributed by atoms with E-state index in [2.05, 4.69) is 127 Å². The molecule has 4 heterocycles. The molecule has 8 aromatic rings. The molecular formula is C36H25N3SSi. The maximum absolute atomic E-state index is 5.45. The van der Waals surface area contributed by atoms with Crippen molar-refractivity contribution in [1.82, 2.24) is 14.5 Å². The van der Waals surface area contributed by atoms with E-state index in [-0.39, 0.29) is 0 Å². The third-order valence-corrected chi connectivity index (χ3v) is 13.4. The summed E-state index contributed by atoms with van der Waals surface area (Å²) in [5.41, 5.74) is 5.77. The third-order valence-electron chi connectivity index (χ3n) is 8.79. The van der Waals surface area contributed by atoms with E-state index >= 15 is 0 Å². The molecule has 9 rings (SSSR count). The number of fused-ring (bicyclic) bond motifs is 9. The zero-order valence-electron chi connectivity index (χ0n) is 22.7. The van der Waals surface area contributed by atoms with Gasteiger partial charge in [0, 0.05) is 41.7 Å². The summed E-state index contributed by atoms with van der Waals surface area (Å²) >= 11 is 1.87. The molecule has 0 saturated heterocycles. The molecule has 0 unspecified atom stereocenters. The van der Waals surface area contributed by atoms with E-state index in [1.165, 1.54) is 57.9 Å². The molecule has 0 amide bonds. The van der Waals surface area contributed by atoms with Gasteiger partial charge in [-0.05, 0) is 35.0 Å². The Hall–Kier alpha value is -4.58. The fraction of sp³-hybridized carbons (Fsp3) is 0.0556. The number of rotatable bonds is 2. The zero-order valence-corrected chi connectivity index (χ0v) is 24.5. The Morgan fingerprint density at radius 1 is 0.610 bits per heavy atom. The quantitative estimate of drug-likeness (QED) is 0.199. The van der Waals surface area contributed by atoms with Crippen molar-refractivity contribution < 1.29 is 0 Å². The van der Waals surface area contributed by atoms with Crippen molar-refractivity contribution in [2.45, 2.75) is 13.1 Å². The van der Waals surface area contributed by atoms with Gasteiger partial charge in [0.2, 0.25) is 0 Å². The summed E-state index contributed by atoms with van der Waals surface area (Å²) in [5, 5.41) is 7.91. The average molecular weight is 560 g/mol. The molecule has 5 aromatic carbocycles. The van der Waals surface area contributed by atoms with Crippen LogP contribution >= 0.6 is 11.3 Å². The van der Waals surface area contributed by atoms with Crippen LogP contribution in [0.2, 0.25) is 13.1 Å². The van der Waals surface area contributed by atoms with Gasteiger partial charge in [-0.1, -0.05) is 104 Å². The monoisotopic (exact) mass is 559 g/mol. The number of hydrogen-bond acceptors (Lipinski definition) is 3. The highest BCUT2D eigenvalue weighted by atomic mass is 32.1. The summed E-state index contributed by atoms with van der Waals surface area (Å²) in [5.74, 6) is 1.79. The number of aromatic nitrogens is 3. The lowest BCUT2D eigenvalue weighted by atomic mass is 10.1. The SMILES string of the molecule is C[Si]1(C)c2ccccc2-c2nc(-c3ccccc3)nc(-n3c4ccccc4c4cc5c(cc43)sc3ccccc35)c21. The van der Waals surface area contributed by atoms with E-state index in [0.29, 0.717) is 0 Å². The highest BCUT2D eigenvalue weighted by molar-refractivity contribution is 7.25. The summed E-state index contributed by atoms with van der Waals surface area (Å²) in [6.07, 6.45) is 0. The van der Waals surface area contributed by atoms with Crippen LogP contribution in [0, 0.1) is 0 Å². The van der Waals surface area contributed by atoms with Gasteiger partial charge in [0.05, 0.1) is 16.7 Å². The molecular weight excluding hydrogens is 535 g/mol. The van der Waals surface area contributed by atoms with Gasteiger partial charge in [-0.25, -0.2) is 9.97 Å². The summed E-state index contributed by atoms with van der Waals surface area (Å²) in [6.45, 7) is 4.90. The summed E-state index contributed by atoms with van der Waals surface area (Å²) in [6, 6.07) is 41.6. The van der Waals surface area contributed by atoms with Crippen molar-refractivity contribution in [3.8, 4) is 28.5 Å². The van der Waals surface area contributed by atoms with E-state index in [1.54, 1.807) is 0 Å². The van der Waals surface area contributed by atoms with Crippen LogP contribution < -0.4 is 10.4 Å². The van der Waals surface area contributed by atoms with Crippen molar-refractivity contribution in [1.29, 1.82) is 0 Å². The first-order valence-electron chi connectivity index (χ1n) is 14.0. The number of hydrogen-bond donors (Lipinski definition) is 0. The van der Waals surface area contributed by atoms with Crippen LogP contribution in [-0.4, -0.2) is 22.6 Å². The minimum absolute atomic E-state index is 0.773. The molecule has 3 nitrogen and oxygen atoms in total. The second-order valence-corrected chi connectivity index (χ2v) is 16.8. The smallest absolute Gasteiger partial charge is 0.162 e. The molecule has 0 bridgehead atoms. The highest BCUT2D eigenvalue weighted by Crippen LogP contribution is 2.41. The van der Waals surface area contributed by atoms with Crippen molar-refractivity contribution in [2.24, 2.45) is 0 Å². The van der Waals surface area contributed by atoms with E-state index < -0.39 is 8.07 Å². The van der Waals surface area contributed by atoms with Crippen LogP contribution in [0.5, 0.6) is 0 Å².